The summed E-state index contributed by atoms with van der Waals surface area (Å²) in [5.41, 5.74) is 3.55. The maximum Gasteiger partial charge on any atom is 0.281 e. The van der Waals surface area contributed by atoms with E-state index >= 15 is 0 Å². The van der Waals surface area contributed by atoms with Crippen molar-refractivity contribution in [3.63, 3.8) is 0 Å². The normalized spacial score (nSPS) is 15.6. The van der Waals surface area contributed by atoms with Crippen LogP contribution < -0.4 is 10.2 Å². The van der Waals surface area contributed by atoms with E-state index in [0.29, 0.717) is 11.3 Å². The van der Waals surface area contributed by atoms with E-state index in [1.54, 1.807) is 18.2 Å². The first kappa shape index (κ1) is 16.8. The molecule has 0 radical (unpaired) electrons. The topological polar surface area (TPSA) is 75.5 Å². The van der Waals surface area contributed by atoms with Crippen LogP contribution in [0.3, 0.4) is 0 Å². The fourth-order valence-corrected chi connectivity index (χ4v) is 3.04. The molecule has 0 aliphatic carbocycles. The number of anilines is 1. The summed E-state index contributed by atoms with van der Waals surface area (Å²) >= 11 is 5.29. The predicted molar refractivity (Wildman–Crippen MR) is 100 cm³/mol. The number of hydrogen-bond donors (Lipinski definition) is 1. The number of hydrogen-bond acceptors (Lipinski definition) is 4. The summed E-state index contributed by atoms with van der Waals surface area (Å²) in [5, 5.41) is 14.1. The molecule has 1 saturated heterocycles. The van der Waals surface area contributed by atoms with Crippen molar-refractivity contribution in [3.05, 3.63) is 75.0 Å². The van der Waals surface area contributed by atoms with Crippen molar-refractivity contribution in [2.24, 2.45) is 0 Å². The van der Waals surface area contributed by atoms with Crippen molar-refractivity contribution in [2.75, 3.05) is 4.90 Å². The van der Waals surface area contributed by atoms with Crippen molar-refractivity contribution in [1.82, 2.24) is 5.32 Å². The van der Waals surface area contributed by atoms with Gasteiger partial charge in [-0.2, -0.15) is 0 Å². The maximum absolute atomic E-state index is 12.7. The first-order valence-corrected chi connectivity index (χ1v) is 7.96. The summed E-state index contributed by atoms with van der Waals surface area (Å²) in [4.78, 5) is 24.6. The molecule has 2 aromatic carbocycles. The number of non-ortho nitro benzene ring substituents is 1. The van der Waals surface area contributed by atoms with Gasteiger partial charge in [-0.1, -0.05) is 18.2 Å². The molecule has 3 rings (SSSR count). The van der Waals surface area contributed by atoms with Crippen LogP contribution in [0.2, 0.25) is 0 Å². The minimum atomic E-state index is -0.474. The number of thiocarbonyl (C=S) groups is 1. The van der Waals surface area contributed by atoms with Gasteiger partial charge in [-0.25, -0.2) is 0 Å². The highest BCUT2D eigenvalue weighted by Crippen LogP contribution is 2.25. The van der Waals surface area contributed by atoms with Crippen LogP contribution in [-0.2, 0) is 4.79 Å². The lowest BCUT2D eigenvalue weighted by Crippen LogP contribution is -2.30. The molecule has 1 aliphatic rings. The van der Waals surface area contributed by atoms with Gasteiger partial charge in [0.2, 0.25) is 0 Å². The van der Waals surface area contributed by atoms with Crippen molar-refractivity contribution in [3.8, 4) is 0 Å². The Balaban J connectivity index is 1.96. The van der Waals surface area contributed by atoms with Crippen molar-refractivity contribution in [1.29, 1.82) is 0 Å². The first-order chi connectivity index (χ1) is 11.8. The zero-order chi connectivity index (χ0) is 18.1. The predicted octanol–water partition coefficient (Wildman–Crippen LogP) is 3.47. The van der Waals surface area contributed by atoms with Crippen LogP contribution in [0.15, 0.2) is 48.2 Å². The number of nitrogens with one attached hydrogen (secondary N) is 1. The Labute approximate surface area is 149 Å². The molecule has 0 unspecified atom stereocenters. The minimum Gasteiger partial charge on any atom is -0.327 e. The quantitative estimate of drug-likeness (QED) is 0.396. The van der Waals surface area contributed by atoms with Crippen LogP contribution >= 0.6 is 12.2 Å². The van der Waals surface area contributed by atoms with Crippen molar-refractivity contribution >= 4 is 40.7 Å². The molecular weight excluding hydrogens is 338 g/mol. The second kappa shape index (κ2) is 6.45. The molecule has 1 amide bonds. The molecule has 1 aliphatic heterocycles. The average Bonchev–Trinajstić information content (AvgIpc) is 2.80. The summed E-state index contributed by atoms with van der Waals surface area (Å²) in [5.74, 6) is -0.290. The highest BCUT2D eigenvalue weighted by atomic mass is 32.1. The third-order valence-electron chi connectivity index (χ3n) is 3.73. The molecule has 1 heterocycles. The Kier molecular flexibility index (Phi) is 4.33. The molecule has 0 spiro atoms. The van der Waals surface area contributed by atoms with Gasteiger partial charge in [0.1, 0.15) is 5.70 Å². The largest absolute Gasteiger partial charge is 0.327 e. The number of carbonyl (C=O) groups excluding carboxylic acids is 1. The SMILES string of the molecule is Cc1cc(C)cc(N2C(=O)/C(=C\c3cccc([N+](=O)[O-])c3)NC2=S)c1. The summed E-state index contributed by atoms with van der Waals surface area (Å²) < 4.78 is 0. The molecule has 0 aromatic heterocycles. The first-order valence-electron chi connectivity index (χ1n) is 7.55. The summed E-state index contributed by atoms with van der Waals surface area (Å²) in [7, 11) is 0. The van der Waals surface area contributed by atoms with E-state index < -0.39 is 4.92 Å². The van der Waals surface area contributed by atoms with Gasteiger partial charge in [0.15, 0.2) is 5.11 Å². The molecule has 0 bridgehead atoms. The summed E-state index contributed by atoms with van der Waals surface area (Å²) in [6.45, 7) is 3.90. The molecule has 126 valence electrons. The van der Waals surface area contributed by atoms with E-state index in [1.165, 1.54) is 17.0 Å². The van der Waals surface area contributed by atoms with Crippen molar-refractivity contribution in [2.45, 2.75) is 13.8 Å². The van der Waals surface area contributed by atoms with E-state index in [0.717, 1.165) is 11.1 Å². The van der Waals surface area contributed by atoms with Gasteiger partial charge in [-0.3, -0.25) is 19.8 Å². The van der Waals surface area contributed by atoms with Gasteiger partial charge in [-0.05, 0) is 61.0 Å². The van der Waals surface area contributed by atoms with E-state index in [9.17, 15) is 14.9 Å². The second-order valence-corrected chi connectivity index (χ2v) is 6.21. The maximum atomic E-state index is 12.7. The number of nitro groups is 1. The molecule has 0 atom stereocenters. The second-order valence-electron chi connectivity index (χ2n) is 5.83. The van der Waals surface area contributed by atoms with Gasteiger partial charge in [0, 0.05) is 12.1 Å². The minimum absolute atomic E-state index is 0.0338. The number of nitrogens with zero attached hydrogens (tertiary/aromatic N) is 2. The highest BCUT2D eigenvalue weighted by molar-refractivity contribution is 7.80. The molecule has 2 aromatic rings. The Morgan fingerprint density at radius 2 is 1.84 bits per heavy atom. The van der Waals surface area contributed by atoms with E-state index in [-0.39, 0.29) is 22.4 Å². The van der Waals surface area contributed by atoms with Gasteiger partial charge in [-0.15, -0.1) is 0 Å². The Bertz CT molecular complexity index is 917. The lowest BCUT2D eigenvalue weighted by atomic mass is 10.1. The standard InChI is InChI=1S/C18H15N3O3S/c1-11-6-12(2)8-15(7-11)20-17(22)16(19-18(20)25)10-13-4-3-5-14(9-13)21(23)24/h3-10H,1-2H3,(H,19,25)/b16-10+. The van der Waals surface area contributed by atoms with E-state index in [2.05, 4.69) is 5.32 Å². The number of benzene rings is 2. The van der Waals surface area contributed by atoms with E-state index in [1.807, 2.05) is 32.0 Å². The zero-order valence-electron chi connectivity index (χ0n) is 13.6. The molecule has 0 saturated carbocycles. The van der Waals surface area contributed by atoms with Crippen LogP contribution in [0.4, 0.5) is 11.4 Å². The van der Waals surface area contributed by atoms with Crippen LogP contribution in [0.25, 0.3) is 6.08 Å². The fraction of sp³-hybridized carbons (Fsp3) is 0.111. The Hall–Kier alpha value is -3.06. The van der Waals surface area contributed by atoms with Crippen LogP contribution in [0.5, 0.6) is 0 Å². The van der Waals surface area contributed by atoms with Crippen LogP contribution in [0.1, 0.15) is 16.7 Å². The van der Waals surface area contributed by atoms with Crippen molar-refractivity contribution < 1.29 is 9.72 Å². The average molecular weight is 353 g/mol. The molecule has 25 heavy (non-hydrogen) atoms. The van der Waals surface area contributed by atoms with Crippen LogP contribution in [0, 0.1) is 24.0 Å². The molecule has 7 heteroatoms. The zero-order valence-corrected chi connectivity index (χ0v) is 14.5. The molecular formula is C18H15N3O3S. The Morgan fingerprint density at radius 3 is 2.48 bits per heavy atom. The van der Waals surface area contributed by atoms with Gasteiger partial charge < -0.3 is 5.32 Å². The summed E-state index contributed by atoms with van der Waals surface area (Å²) in [6.07, 6.45) is 1.56. The number of rotatable bonds is 3. The molecule has 1 N–H and O–H groups in total. The fourth-order valence-electron chi connectivity index (χ4n) is 2.74. The van der Waals surface area contributed by atoms with Gasteiger partial charge >= 0.3 is 0 Å². The lowest BCUT2D eigenvalue weighted by Gasteiger charge is -2.15. The third kappa shape index (κ3) is 3.41. The molecule has 6 nitrogen and oxygen atoms in total. The lowest BCUT2D eigenvalue weighted by molar-refractivity contribution is -0.384. The highest BCUT2D eigenvalue weighted by Gasteiger charge is 2.32. The number of carbonyl (C=O) groups is 1. The van der Waals surface area contributed by atoms with Gasteiger partial charge in [0.05, 0.1) is 10.6 Å². The third-order valence-corrected chi connectivity index (χ3v) is 4.02. The van der Waals surface area contributed by atoms with Gasteiger partial charge in [0.25, 0.3) is 11.6 Å². The Morgan fingerprint density at radius 1 is 1.16 bits per heavy atom. The number of amides is 1. The summed E-state index contributed by atoms with van der Waals surface area (Å²) in [6, 6.07) is 11.9. The van der Waals surface area contributed by atoms with E-state index in [4.69, 9.17) is 12.2 Å². The number of nitro benzene ring substituents is 1. The molecule has 1 fully saturated rings. The van der Waals surface area contributed by atoms with Crippen LogP contribution in [-0.4, -0.2) is 15.9 Å². The number of aryl methyl sites for hydroxylation is 2. The smallest absolute Gasteiger partial charge is 0.281 e. The monoisotopic (exact) mass is 353 g/mol.